The fraction of sp³-hybridized carbons (Fsp3) is 0.942. The molecule has 0 aliphatic heterocycles. The minimum absolute atomic E-state index is 0.103. The lowest BCUT2D eigenvalue weighted by atomic mass is 9.99. The Morgan fingerprint density at radius 2 is 0.545 bits per heavy atom. The summed E-state index contributed by atoms with van der Waals surface area (Å²) in [6.45, 7) is 14.1. The summed E-state index contributed by atoms with van der Waals surface area (Å²) in [5, 5.41) is 10.6. The molecule has 0 bridgehead atoms. The van der Waals surface area contributed by atoms with Gasteiger partial charge in [0.2, 0.25) is 0 Å². The molecule has 0 aromatic heterocycles. The molecule has 0 saturated carbocycles. The highest BCUT2D eigenvalue weighted by atomic mass is 31.2. The minimum atomic E-state index is -4.95. The average Bonchev–Trinajstić information content (AvgIpc) is 3.55. The molecule has 0 aromatic carbocycles. The molecule has 6 atom stereocenters. The van der Waals surface area contributed by atoms with Gasteiger partial charge in [-0.1, -0.05) is 287 Å². The van der Waals surface area contributed by atoms with E-state index < -0.39 is 97.5 Å². The van der Waals surface area contributed by atoms with Crippen LogP contribution in [-0.2, 0) is 65.4 Å². The van der Waals surface area contributed by atoms with E-state index in [1.54, 1.807) is 0 Å². The Morgan fingerprint density at radius 3 is 0.807 bits per heavy atom. The third-order valence-electron chi connectivity index (χ3n) is 16.2. The fourth-order valence-electron chi connectivity index (χ4n) is 10.3. The number of rotatable bonds is 66. The molecule has 0 rings (SSSR count). The molecule has 4 unspecified atom stereocenters. The van der Waals surface area contributed by atoms with Gasteiger partial charge in [0, 0.05) is 25.7 Å². The Morgan fingerprint density at radius 1 is 0.318 bits per heavy atom. The Bertz CT molecular complexity index is 1750. The molecule has 0 amide bonds. The molecular weight excluding hydrogens is 1160 g/mol. The topological polar surface area (TPSA) is 237 Å². The minimum Gasteiger partial charge on any atom is -0.462 e. The van der Waals surface area contributed by atoms with E-state index in [2.05, 4.69) is 55.4 Å². The predicted molar refractivity (Wildman–Crippen MR) is 354 cm³/mol. The highest BCUT2D eigenvalue weighted by Crippen LogP contribution is 2.45. The lowest BCUT2D eigenvalue weighted by Crippen LogP contribution is -2.30. The first kappa shape index (κ1) is 86.1. The van der Waals surface area contributed by atoms with Crippen molar-refractivity contribution in [2.75, 3.05) is 39.6 Å². The van der Waals surface area contributed by atoms with Gasteiger partial charge in [-0.05, 0) is 49.4 Å². The number of aliphatic hydroxyl groups is 1. The van der Waals surface area contributed by atoms with Gasteiger partial charge in [-0.2, -0.15) is 0 Å². The van der Waals surface area contributed by atoms with Crippen molar-refractivity contribution in [2.24, 2.45) is 23.7 Å². The second-order valence-electron chi connectivity index (χ2n) is 26.6. The molecule has 0 radical (unpaired) electrons. The first-order valence-corrected chi connectivity index (χ1v) is 38.7. The van der Waals surface area contributed by atoms with Crippen LogP contribution in [-0.4, -0.2) is 96.7 Å². The van der Waals surface area contributed by atoms with Gasteiger partial charge in [0.05, 0.1) is 26.4 Å². The molecule has 88 heavy (non-hydrogen) atoms. The van der Waals surface area contributed by atoms with Crippen molar-refractivity contribution in [3.63, 3.8) is 0 Å². The molecule has 0 aliphatic rings. The highest BCUT2D eigenvalue weighted by Gasteiger charge is 2.30. The molecule has 0 fully saturated rings. The summed E-state index contributed by atoms with van der Waals surface area (Å²) in [5.74, 6) is 0.842. The van der Waals surface area contributed by atoms with Crippen LogP contribution < -0.4 is 0 Å². The summed E-state index contributed by atoms with van der Waals surface area (Å²) in [6.07, 6.45) is 40.4. The lowest BCUT2D eigenvalue weighted by Gasteiger charge is -2.21. The molecule has 3 N–H and O–H groups in total. The lowest BCUT2D eigenvalue weighted by molar-refractivity contribution is -0.161. The molecule has 0 aromatic rings. The van der Waals surface area contributed by atoms with E-state index in [1.165, 1.54) is 135 Å². The van der Waals surface area contributed by atoms with Gasteiger partial charge in [-0.15, -0.1) is 0 Å². The van der Waals surface area contributed by atoms with Gasteiger partial charge in [0.15, 0.2) is 12.2 Å². The van der Waals surface area contributed by atoms with E-state index in [0.717, 1.165) is 108 Å². The number of hydrogen-bond donors (Lipinski definition) is 3. The summed E-state index contributed by atoms with van der Waals surface area (Å²) >= 11 is 0. The fourth-order valence-corrected chi connectivity index (χ4v) is 11.9. The van der Waals surface area contributed by atoms with E-state index in [0.29, 0.717) is 37.5 Å². The quantitative estimate of drug-likeness (QED) is 0.0222. The van der Waals surface area contributed by atoms with Crippen LogP contribution in [0.4, 0.5) is 0 Å². The first-order chi connectivity index (χ1) is 42.1. The van der Waals surface area contributed by atoms with Crippen LogP contribution in [0.15, 0.2) is 0 Å². The third kappa shape index (κ3) is 61.6. The van der Waals surface area contributed by atoms with Gasteiger partial charge in [-0.3, -0.25) is 37.3 Å². The zero-order chi connectivity index (χ0) is 65.4. The van der Waals surface area contributed by atoms with E-state index in [1.807, 2.05) is 0 Å². The smallest absolute Gasteiger partial charge is 0.462 e. The van der Waals surface area contributed by atoms with Gasteiger partial charge in [0.25, 0.3) is 0 Å². The monoisotopic (exact) mass is 1300 g/mol. The number of phosphoric ester groups is 2. The first-order valence-electron chi connectivity index (χ1n) is 35.7. The molecule has 522 valence electrons. The molecule has 0 aliphatic carbocycles. The number of hydrogen-bond acceptors (Lipinski definition) is 15. The number of carbonyl (C=O) groups excluding carboxylic acids is 4. The Balaban J connectivity index is 5.24. The van der Waals surface area contributed by atoms with Crippen LogP contribution in [0.3, 0.4) is 0 Å². The maximum Gasteiger partial charge on any atom is 0.472 e. The molecule has 17 nitrogen and oxygen atoms in total. The number of carbonyl (C=O) groups is 4. The zero-order valence-electron chi connectivity index (χ0n) is 57.3. The summed E-state index contributed by atoms with van der Waals surface area (Å²) in [5.41, 5.74) is 0. The maximum atomic E-state index is 13.0. The van der Waals surface area contributed by atoms with E-state index in [9.17, 15) is 43.2 Å². The predicted octanol–water partition coefficient (Wildman–Crippen LogP) is 19.3. The van der Waals surface area contributed by atoms with Crippen molar-refractivity contribution in [3.8, 4) is 0 Å². The Labute approximate surface area is 537 Å². The maximum absolute atomic E-state index is 13.0. The number of phosphoric acid groups is 2. The molecule has 19 heteroatoms. The van der Waals surface area contributed by atoms with E-state index in [-0.39, 0.29) is 25.7 Å². The average molecular weight is 1300 g/mol. The molecule has 0 spiro atoms. The van der Waals surface area contributed by atoms with Crippen molar-refractivity contribution in [3.05, 3.63) is 0 Å². The normalized spacial score (nSPS) is 14.6. The van der Waals surface area contributed by atoms with Crippen LogP contribution in [0.5, 0.6) is 0 Å². The van der Waals surface area contributed by atoms with Crippen molar-refractivity contribution in [1.29, 1.82) is 0 Å². The van der Waals surface area contributed by atoms with Crippen molar-refractivity contribution in [2.45, 2.75) is 356 Å². The van der Waals surface area contributed by atoms with Crippen LogP contribution in [0.1, 0.15) is 338 Å². The largest absolute Gasteiger partial charge is 0.472 e. The summed E-state index contributed by atoms with van der Waals surface area (Å²) in [4.78, 5) is 72.5. The summed E-state index contributed by atoms with van der Waals surface area (Å²) in [7, 11) is -9.90. The van der Waals surface area contributed by atoms with Crippen molar-refractivity contribution < 1.29 is 80.2 Å². The zero-order valence-corrected chi connectivity index (χ0v) is 59.1. The Hall–Kier alpha value is -1.94. The van der Waals surface area contributed by atoms with Gasteiger partial charge >= 0.3 is 39.5 Å². The second kappa shape index (κ2) is 58.8. The van der Waals surface area contributed by atoms with Gasteiger partial charge in [0.1, 0.15) is 19.3 Å². The second-order valence-corrected chi connectivity index (χ2v) is 29.5. The highest BCUT2D eigenvalue weighted by molar-refractivity contribution is 7.47. The number of esters is 4. The van der Waals surface area contributed by atoms with E-state index >= 15 is 0 Å². The number of ether oxygens (including phenoxy) is 4. The van der Waals surface area contributed by atoms with Crippen LogP contribution in [0, 0.1) is 23.7 Å². The van der Waals surface area contributed by atoms with Gasteiger partial charge in [-0.25, -0.2) is 9.13 Å². The van der Waals surface area contributed by atoms with Crippen LogP contribution in [0.2, 0.25) is 0 Å². The SMILES string of the molecule is CCC(C)CCCCCCCCCCCCC(=O)OC[C@H](COP(=O)(O)OCC(O)COP(=O)(O)OC[C@@H](COC(=O)CCCCCCCCCC(C)C)OC(=O)CCCCCCCCCCCCCC(C)C)OC(=O)CCCCCCCCCC(C)C. The summed E-state index contributed by atoms with van der Waals surface area (Å²) in [6, 6.07) is 0. The molecule has 0 saturated heterocycles. The number of aliphatic hydroxyl groups excluding tert-OH is 1. The van der Waals surface area contributed by atoms with Crippen molar-refractivity contribution >= 4 is 39.5 Å². The van der Waals surface area contributed by atoms with Gasteiger partial charge < -0.3 is 33.8 Å². The summed E-state index contributed by atoms with van der Waals surface area (Å²) < 4.78 is 68.2. The number of unbranched alkanes of at least 4 members (excludes halogenated alkanes) is 31. The standard InChI is InChI=1S/C69H134O17P2/c1-9-62(8)48-40-32-24-16-13-14-17-25-33-41-49-66(71)79-55-65(86-69(74)52-44-36-28-20-23-31-39-47-61(6)7)58-84-88(77,78)82-54-63(70)53-81-87(75,76)83-57-64(56-80-67(72)50-42-34-27-19-22-30-38-46-60(4)5)85-68(73)51-43-35-26-18-12-10-11-15-21-29-37-45-59(2)3/h59-65,70H,9-58H2,1-8H3,(H,75,76)(H,77,78)/t62?,63?,64-,65-/m1/s1. The van der Waals surface area contributed by atoms with Crippen LogP contribution >= 0.6 is 15.6 Å². The van der Waals surface area contributed by atoms with Crippen LogP contribution in [0.25, 0.3) is 0 Å². The van der Waals surface area contributed by atoms with Crippen molar-refractivity contribution in [1.82, 2.24) is 0 Å². The third-order valence-corrected chi connectivity index (χ3v) is 18.1. The Kier molecular flexibility index (Phi) is 57.6. The van der Waals surface area contributed by atoms with E-state index in [4.69, 9.17) is 37.0 Å². The molecule has 0 heterocycles. The molecular formula is C69H134O17P2.